The van der Waals surface area contributed by atoms with Gasteiger partial charge in [0.25, 0.3) is 5.91 Å². The molecule has 0 bridgehead atoms. The Kier molecular flexibility index (Phi) is 6.19. The number of ether oxygens (including phenoxy) is 2. The van der Waals surface area contributed by atoms with E-state index in [0.29, 0.717) is 14.2 Å². The fraction of sp³-hybridized carbons (Fsp3) is 0.294. The van der Waals surface area contributed by atoms with E-state index in [1.54, 1.807) is 26.0 Å². The number of carbonyl (C=O) groups is 3. The minimum absolute atomic E-state index is 0.134. The Bertz CT molecular complexity index is 811. The number of amides is 1. The van der Waals surface area contributed by atoms with Crippen LogP contribution >= 0.6 is 47.5 Å². The number of esters is 2. The minimum atomic E-state index is -0.938. The molecule has 1 aromatic carbocycles. The maximum Gasteiger partial charge on any atom is 0.347 e. The van der Waals surface area contributed by atoms with Crippen molar-refractivity contribution in [3.63, 3.8) is 0 Å². The largest absolute Gasteiger partial charge is 0.462 e. The highest BCUT2D eigenvalue weighted by Gasteiger charge is 2.61. The molecular weight excluding hydrogens is 426 g/mol. The Balaban J connectivity index is 1.86. The van der Waals surface area contributed by atoms with Gasteiger partial charge in [0.05, 0.1) is 23.1 Å². The molecule has 3 rings (SSSR count). The molecule has 2 heterocycles. The van der Waals surface area contributed by atoms with Crippen LogP contribution in [0.15, 0.2) is 40.1 Å². The van der Waals surface area contributed by atoms with Crippen LogP contribution in [-0.2, 0) is 23.9 Å². The number of thioether (sulfide) groups is 3. The van der Waals surface area contributed by atoms with Crippen molar-refractivity contribution in [3.8, 4) is 0 Å². The van der Waals surface area contributed by atoms with Crippen LogP contribution in [0.3, 0.4) is 0 Å². The molecular formula is C17H15NO5S4. The van der Waals surface area contributed by atoms with E-state index in [4.69, 9.17) is 21.7 Å². The van der Waals surface area contributed by atoms with Crippen molar-refractivity contribution in [3.05, 3.63) is 40.1 Å². The Morgan fingerprint density at radius 3 is 2.11 bits per heavy atom. The first-order valence-electron chi connectivity index (χ1n) is 8.02. The van der Waals surface area contributed by atoms with Crippen molar-refractivity contribution in [1.29, 1.82) is 0 Å². The normalized spacial score (nSPS) is 21.3. The van der Waals surface area contributed by atoms with Crippen molar-refractivity contribution >= 4 is 75.4 Å². The number of hydrogen-bond donors (Lipinski definition) is 0. The molecule has 0 unspecified atom stereocenters. The molecule has 2 aliphatic heterocycles. The zero-order valence-corrected chi connectivity index (χ0v) is 17.7. The molecule has 2 aliphatic rings. The molecule has 6 nitrogen and oxygen atoms in total. The first-order chi connectivity index (χ1) is 12.9. The molecule has 0 atom stereocenters. The molecule has 142 valence electrons. The van der Waals surface area contributed by atoms with E-state index in [1.807, 2.05) is 18.2 Å². The molecule has 10 heteroatoms. The average Bonchev–Trinajstić information content (AvgIpc) is 2.87. The van der Waals surface area contributed by atoms with Gasteiger partial charge in [-0.25, -0.2) is 9.59 Å². The lowest BCUT2D eigenvalue weighted by atomic mass is 10.3. The predicted octanol–water partition coefficient (Wildman–Crippen LogP) is 3.52. The minimum Gasteiger partial charge on any atom is -0.462 e. The Morgan fingerprint density at radius 1 is 1.04 bits per heavy atom. The molecule has 0 saturated carbocycles. The molecule has 0 N–H and O–H groups in total. The van der Waals surface area contributed by atoms with Crippen LogP contribution in [0.1, 0.15) is 13.8 Å². The second-order valence-electron chi connectivity index (χ2n) is 5.21. The smallest absolute Gasteiger partial charge is 0.347 e. The Morgan fingerprint density at radius 2 is 1.59 bits per heavy atom. The number of anilines is 1. The van der Waals surface area contributed by atoms with E-state index in [9.17, 15) is 14.4 Å². The molecule has 2 saturated heterocycles. The molecule has 1 spiro atoms. The van der Waals surface area contributed by atoms with Crippen LogP contribution in [-0.4, -0.2) is 38.8 Å². The lowest BCUT2D eigenvalue weighted by Crippen LogP contribution is -2.39. The van der Waals surface area contributed by atoms with E-state index in [-0.39, 0.29) is 24.7 Å². The zero-order chi connectivity index (χ0) is 19.6. The molecule has 0 aliphatic carbocycles. The predicted molar refractivity (Wildman–Crippen MR) is 112 cm³/mol. The summed E-state index contributed by atoms with van der Waals surface area (Å²) in [7, 11) is 0. The topological polar surface area (TPSA) is 72.9 Å². The van der Waals surface area contributed by atoms with Crippen LogP contribution in [0, 0.1) is 0 Å². The van der Waals surface area contributed by atoms with Crippen molar-refractivity contribution < 1.29 is 23.9 Å². The fourth-order valence-electron chi connectivity index (χ4n) is 2.36. The SMILES string of the molecule is CCOC(=O)C(C(=O)OCC)=C1SC2(SC(=S)N(c3ccccc3)C2=O)S1. The summed E-state index contributed by atoms with van der Waals surface area (Å²) >= 11 is 8.88. The second kappa shape index (κ2) is 8.26. The molecule has 1 aromatic rings. The third-order valence-electron chi connectivity index (χ3n) is 3.50. The third-order valence-corrected chi connectivity index (χ3v) is 8.40. The fourth-order valence-corrected chi connectivity index (χ4v) is 7.95. The monoisotopic (exact) mass is 441 g/mol. The summed E-state index contributed by atoms with van der Waals surface area (Å²) in [6.45, 7) is 3.57. The summed E-state index contributed by atoms with van der Waals surface area (Å²) in [5, 5.41) is 0. The standard InChI is InChI=1S/C17H15NO5S4/c1-3-22-12(19)11(13(20)23-4-2)14-25-17(26-14)15(21)18(16(24)27-17)10-8-6-5-7-9-10/h5-9H,3-4H2,1-2H3. The molecule has 0 radical (unpaired) electrons. The summed E-state index contributed by atoms with van der Waals surface area (Å²) in [5.74, 6) is -1.70. The van der Waals surface area contributed by atoms with Crippen LogP contribution in [0.2, 0.25) is 0 Å². The van der Waals surface area contributed by atoms with Crippen LogP contribution in [0.4, 0.5) is 5.69 Å². The van der Waals surface area contributed by atoms with Crippen molar-refractivity contribution in [2.24, 2.45) is 0 Å². The van der Waals surface area contributed by atoms with E-state index in [1.165, 1.54) is 16.7 Å². The van der Waals surface area contributed by atoms with Crippen molar-refractivity contribution in [2.45, 2.75) is 17.3 Å². The highest BCUT2D eigenvalue weighted by atomic mass is 32.3. The van der Waals surface area contributed by atoms with E-state index >= 15 is 0 Å². The van der Waals surface area contributed by atoms with E-state index < -0.39 is 15.3 Å². The van der Waals surface area contributed by atoms with E-state index in [2.05, 4.69) is 0 Å². The average molecular weight is 442 g/mol. The summed E-state index contributed by atoms with van der Waals surface area (Å²) in [6, 6.07) is 9.11. The maximum absolute atomic E-state index is 13.0. The van der Waals surface area contributed by atoms with Crippen molar-refractivity contribution in [2.75, 3.05) is 18.1 Å². The summed E-state index contributed by atoms with van der Waals surface area (Å²) < 4.78 is 9.83. The van der Waals surface area contributed by atoms with Gasteiger partial charge in [-0.05, 0) is 26.0 Å². The Labute approximate surface area is 174 Å². The summed E-state index contributed by atoms with van der Waals surface area (Å²) in [5.41, 5.74) is 0.517. The lowest BCUT2D eigenvalue weighted by Gasteiger charge is -2.35. The van der Waals surface area contributed by atoms with Gasteiger partial charge in [0, 0.05) is 0 Å². The first kappa shape index (κ1) is 20.2. The van der Waals surface area contributed by atoms with Gasteiger partial charge < -0.3 is 9.47 Å². The van der Waals surface area contributed by atoms with Crippen LogP contribution in [0.25, 0.3) is 0 Å². The second-order valence-corrected chi connectivity index (χ2v) is 10.5. The number of benzene rings is 1. The van der Waals surface area contributed by atoms with Gasteiger partial charge in [0.15, 0.2) is 5.57 Å². The number of rotatable bonds is 5. The van der Waals surface area contributed by atoms with Crippen LogP contribution < -0.4 is 4.90 Å². The van der Waals surface area contributed by atoms with Crippen molar-refractivity contribution in [1.82, 2.24) is 0 Å². The van der Waals surface area contributed by atoms with Gasteiger partial charge >= 0.3 is 11.9 Å². The van der Waals surface area contributed by atoms with Gasteiger partial charge in [-0.1, -0.05) is 65.7 Å². The van der Waals surface area contributed by atoms with Gasteiger partial charge in [-0.2, -0.15) is 0 Å². The van der Waals surface area contributed by atoms with E-state index in [0.717, 1.165) is 23.5 Å². The van der Waals surface area contributed by atoms with Gasteiger partial charge in [0.1, 0.15) is 4.32 Å². The highest BCUT2D eigenvalue weighted by Crippen LogP contribution is 2.70. The molecule has 2 fully saturated rings. The molecule has 27 heavy (non-hydrogen) atoms. The first-order valence-corrected chi connectivity index (χ1v) is 10.9. The number of carbonyl (C=O) groups excluding carboxylic acids is 3. The van der Waals surface area contributed by atoms with Gasteiger partial charge in [-0.3, -0.25) is 9.69 Å². The van der Waals surface area contributed by atoms with Crippen LogP contribution in [0.5, 0.6) is 0 Å². The quantitative estimate of drug-likeness (QED) is 0.224. The number of para-hydroxylation sites is 1. The maximum atomic E-state index is 13.0. The molecule has 0 aromatic heterocycles. The summed E-state index contributed by atoms with van der Waals surface area (Å²) in [6.07, 6.45) is 0. The highest BCUT2D eigenvalue weighted by molar-refractivity contribution is 8.54. The zero-order valence-electron chi connectivity index (χ0n) is 14.4. The summed E-state index contributed by atoms with van der Waals surface area (Å²) in [4.78, 5) is 38.9. The number of thiocarbonyl (C=S) groups is 1. The van der Waals surface area contributed by atoms with Gasteiger partial charge in [0.2, 0.25) is 3.41 Å². The van der Waals surface area contributed by atoms with Gasteiger partial charge in [-0.15, -0.1) is 0 Å². The number of hydrogen-bond acceptors (Lipinski definition) is 9. The molecule has 1 amide bonds. The third kappa shape index (κ3) is 3.75. The Hall–Kier alpha value is -1.49. The number of nitrogens with zero attached hydrogens (tertiary/aromatic N) is 1. The lowest BCUT2D eigenvalue weighted by molar-refractivity contribution is -0.146.